The number of nitrogens with one attached hydrogen (secondary N) is 1. The number of hydrazone groups is 1. The summed E-state index contributed by atoms with van der Waals surface area (Å²) in [6.07, 6.45) is 2.89. The molecule has 1 rings (SSSR count). The summed E-state index contributed by atoms with van der Waals surface area (Å²) >= 11 is 0. The molecule has 0 unspecified atom stereocenters. The number of aromatic nitrogens is 1. The van der Waals surface area contributed by atoms with E-state index < -0.39 is 11.8 Å². The van der Waals surface area contributed by atoms with Gasteiger partial charge in [0.1, 0.15) is 0 Å². The molecule has 0 saturated carbocycles. The average Bonchev–Trinajstić information content (AvgIpc) is 2.19. The number of pyridine rings is 1. The number of nitrogens with two attached hydrogens (primary N) is 1. The van der Waals surface area contributed by atoms with Gasteiger partial charge in [0.25, 0.3) is 0 Å². The number of carbonyl (C=O) groups is 2. The summed E-state index contributed by atoms with van der Waals surface area (Å²) in [4.78, 5) is 24.8. The summed E-state index contributed by atoms with van der Waals surface area (Å²) in [7, 11) is 0. The van der Waals surface area contributed by atoms with Crippen molar-refractivity contribution in [2.75, 3.05) is 0 Å². The van der Waals surface area contributed by atoms with Crippen LogP contribution in [0.1, 0.15) is 5.69 Å². The topological polar surface area (TPSA) is 97.4 Å². The van der Waals surface area contributed by atoms with Gasteiger partial charge >= 0.3 is 11.8 Å². The fourth-order valence-corrected chi connectivity index (χ4v) is 0.664. The molecule has 2 amide bonds. The lowest BCUT2D eigenvalue weighted by atomic mass is 10.4. The van der Waals surface area contributed by atoms with Crippen molar-refractivity contribution in [3.8, 4) is 0 Å². The first-order valence-electron chi connectivity index (χ1n) is 3.74. The highest BCUT2D eigenvalue weighted by atomic mass is 16.2. The zero-order chi connectivity index (χ0) is 10.4. The zero-order valence-electron chi connectivity index (χ0n) is 7.18. The highest BCUT2D eigenvalue weighted by molar-refractivity contribution is 6.34. The summed E-state index contributed by atoms with van der Waals surface area (Å²) in [5.74, 6) is -2.04. The quantitative estimate of drug-likeness (QED) is 0.358. The van der Waals surface area contributed by atoms with Gasteiger partial charge in [0.15, 0.2) is 0 Å². The molecule has 6 nitrogen and oxygen atoms in total. The smallest absolute Gasteiger partial charge is 0.329 e. The van der Waals surface area contributed by atoms with Crippen molar-refractivity contribution in [3.05, 3.63) is 30.1 Å². The van der Waals surface area contributed by atoms with Crippen LogP contribution in [-0.2, 0) is 9.59 Å². The minimum absolute atomic E-state index is 0.567. The minimum atomic E-state index is -1.08. The molecule has 0 aliphatic rings. The van der Waals surface area contributed by atoms with Gasteiger partial charge in [0.2, 0.25) is 0 Å². The SMILES string of the molecule is NC(=O)C(=O)NN=Cc1ccccn1. The highest BCUT2D eigenvalue weighted by Crippen LogP contribution is 1.87. The van der Waals surface area contributed by atoms with E-state index in [1.54, 1.807) is 24.4 Å². The van der Waals surface area contributed by atoms with Crippen LogP contribution in [0.15, 0.2) is 29.5 Å². The standard InChI is InChI=1S/C8H8N4O2/c9-7(13)8(14)12-11-5-6-3-1-2-4-10-6/h1-5H,(H2,9,13)(H,12,14). The summed E-state index contributed by atoms with van der Waals surface area (Å²) < 4.78 is 0. The number of rotatable bonds is 2. The van der Waals surface area contributed by atoms with Crippen molar-refractivity contribution in [2.45, 2.75) is 0 Å². The summed E-state index contributed by atoms with van der Waals surface area (Å²) in [6.45, 7) is 0. The molecule has 0 fully saturated rings. The van der Waals surface area contributed by atoms with Gasteiger partial charge in [-0.1, -0.05) is 6.07 Å². The van der Waals surface area contributed by atoms with Crippen LogP contribution in [0.5, 0.6) is 0 Å². The molecule has 0 radical (unpaired) electrons. The van der Waals surface area contributed by atoms with E-state index in [0.29, 0.717) is 5.69 Å². The first-order chi connectivity index (χ1) is 6.70. The molecule has 0 saturated heterocycles. The summed E-state index contributed by atoms with van der Waals surface area (Å²) in [5.41, 5.74) is 7.19. The van der Waals surface area contributed by atoms with Gasteiger partial charge in [0, 0.05) is 6.20 Å². The molecule has 0 bridgehead atoms. The van der Waals surface area contributed by atoms with Gasteiger partial charge in [0.05, 0.1) is 11.9 Å². The molecule has 0 atom stereocenters. The second-order valence-electron chi connectivity index (χ2n) is 2.32. The van der Waals surface area contributed by atoms with Gasteiger partial charge in [-0.25, -0.2) is 5.43 Å². The number of amides is 2. The van der Waals surface area contributed by atoms with Crippen LogP contribution >= 0.6 is 0 Å². The Morgan fingerprint density at radius 3 is 2.86 bits per heavy atom. The van der Waals surface area contributed by atoms with Gasteiger partial charge in [-0.15, -0.1) is 0 Å². The number of hydrogen-bond donors (Lipinski definition) is 2. The number of primary amides is 1. The van der Waals surface area contributed by atoms with Gasteiger partial charge < -0.3 is 5.73 Å². The largest absolute Gasteiger partial charge is 0.361 e. The Morgan fingerprint density at radius 2 is 2.29 bits per heavy atom. The van der Waals surface area contributed by atoms with Crippen molar-refractivity contribution in [2.24, 2.45) is 10.8 Å². The molecule has 1 aromatic heterocycles. The molecule has 3 N–H and O–H groups in total. The molecule has 0 aliphatic carbocycles. The maximum absolute atomic E-state index is 10.6. The molecule has 0 aromatic carbocycles. The Morgan fingerprint density at radius 1 is 1.50 bits per heavy atom. The van der Waals surface area contributed by atoms with Gasteiger partial charge in [-0.3, -0.25) is 14.6 Å². The first-order valence-corrected chi connectivity index (χ1v) is 3.74. The normalized spacial score (nSPS) is 10.0. The molecule has 1 heterocycles. The van der Waals surface area contributed by atoms with Crippen molar-refractivity contribution in [3.63, 3.8) is 0 Å². The summed E-state index contributed by atoms with van der Waals surface area (Å²) in [5, 5.41) is 3.47. The van der Waals surface area contributed by atoms with Crippen LogP contribution in [0.4, 0.5) is 0 Å². The fourth-order valence-electron chi connectivity index (χ4n) is 0.664. The lowest BCUT2D eigenvalue weighted by molar-refractivity contribution is -0.137. The van der Waals surface area contributed by atoms with E-state index in [1.807, 2.05) is 5.43 Å². The maximum Gasteiger partial charge on any atom is 0.329 e. The molecular formula is C8H8N4O2. The number of carbonyl (C=O) groups excluding carboxylic acids is 2. The molecule has 72 valence electrons. The third kappa shape index (κ3) is 3.02. The zero-order valence-corrected chi connectivity index (χ0v) is 7.18. The van der Waals surface area contributed by atoms with Crippen LogP contribution in [0.2, 0.25) is 0 Å². The van der Waals surface area contributed by atoms with Crippen LogP contribution in [0, 0.1) is 0 Å². The van der Waals surface area contributed by atoms with Crippen LogP contribution in [-0.4, -0.2) is 23.0 Å². The highest BCUT2D eigenvalue weighted by Gasteiger charge is 2.04. The number of nitrogens with zero attached hydrogens (tertiary/aromatic N) is 2. The Bertz CT molecular complexity index is 361. The van der Waals surface area contributed by atoms with E-state index in [0.717, 1.165) is 0 Å². The maximum atomic E-state index is 10.6. The summed E-state index contributed by atoms with van der Waals surface area (Å²) in [6, 6.07) is 5.21. The molecule has 1 aromatic rings. The second kappa shape index (κ2) is 4.70. The van der Waals surface area contributed by atoms with E-state index in [-0.39, 0.29) is 0 Å². The lowest BCUT2D eigenvalue weighted by Crippen LogP contribution is -2.32. The third-order valence-electron chi connectivity index (χ3n) is 1.27. The fraction of sp³-hybridized carbons (Fsp3) is 0. The predicted octanol–water partition coefficient (Wildman–Crippen LogP) is -0.983. The van der Waals surface area contributed by atoms with E-state index >= 15 is 0 Å². The Labute approximate surface area is 79.8 Å². The van der Waals surface area contributed by atoms with E-state index in [9.17, 15) is 9.59 Å². The van der Waals surface area contributed by atoms with Crippen LogP contribution < -0.4 is 11.2 Å². The van der Waals surface area contributed by atoms with Crippen LogP contribution in [0.25, 0.3) is 0 Å². The Hall–Kier alpha value is -2.24. The first kappa shape index (κ1) is 9.85. The number of hydrogen-bond acceptors (Lipinski definition) is 4. The predicted molar refractivity (Wildman–Crippen MR) is 49.2 cm³/mol. The second-order valence-corrected chi connectivity index (χ2v) is 2.32. The Kier molecular flexibility index (Phi) is 3.31. The van der Waals surface area contributed by atoms with E-state index in [1.165, 1.54) is 6.21 Å². The van der Waals surface area contributed by atoms with E-state index in [4.69, 9.17) is 0 Å². The third-order valence-corrected chi connectivity index (χ3v) is 1.27. The Balaban J connectivity index is 2.50. The van der Waals surface area contributed by atoms with E-state index in [2.05, 4.69) is 15.8 Å². The van der Waals surface area contributed by atoms with Crippen molar-refractivity contribution in [1.82, 2.24) is 10.4 Å². The van der Waals surface area contributed by atoms with Gasteiger partial charge in [-0.05, 0) is 12.1 Å². The monoisotopic (exact) mass is 192 g/mol. The average molecular weight is 192 g/mol. The van der Waals surface area contributed by atoms with Crippen molar-refractivity contribution >= 4 is 18.0 Å². The minimum Gasteiger partial charge on any atom is -0.361 e. The molecule has 0 spiro atoms. The van der Waals surface area contributed by atoms with Crippen LogP contribution in [0.3, 0.4) is 0 Å². The molecule has 6 heteroatoms. The van der Waals surface area contributed by atoms with Crippen molar-refractivity contribution in [1.29, 1.82) is 0 Å². The van der Waals surface area contributed by atoms with Crippen molar-refractivity contribution < 1.29 is 9.59 Å². The molecule has 0 aliphatic heterocycles. The molecular weight excluding hydrogens is 184 g/mol. The molecule has 14 heavy (non-hydrogen) atoms. The van der Waals surface area contributed by atoms with Gasteiger partial charge in [-0.2, -0.15) is 5.10 Å². The lowest BCUT2D eigenvalue weighted by Gasteiger charge is -1.92.